The molecule has 1 aliphatic rings. The first-order chi connectivity index (χ1) is 5.92. The van der Waals surface area contributed by atoms with Gasteiger partial charge in [-0.3, -0.25) is 0 Å². The van der Waals surface area contributed by atoms with E-state index in [1.165, 1.54) is 4.18 Å². The third kappa shape index (κ3) is 3.20. The summed E-state index contributed by atoms with van der Waals surface area (Å²) in [6.07, 6.45) is 0. The number of hydrogen-bond acceptors (Lipinski definition) is 0. The summed E-state index contributed by atoms with van der Waals surface area (Å²) >= 11 is -0.474. The molecule has 86 valence electrons. The van der Waals surface area contributed by atoms with Crippen molar-refractivity contribution in [2.45, 2.75) is 45.7 Å². The van der Waals surface area contributed by atoms with Gasteiger partial charge in [-0.15, -0.1) is 0 Å². The second-order valence-electron chi connectivity index (χ2n) is 4.41. The molecule has 0 aromatic heterocycles. The fraction of sp³-hybridized carbons (Fsp3) is 0.667. The summed E-state index contributed by atoms with van der Waals surface area (Å²) in [6.45, 7) is 14.1. The minimum absolute atomic E-state index is 0. The van der Waals surface area contributed by atoms with E-state index >= 15 is 0 Å². The summed E-state index contributed by atoms with van der Waals surface area (Å²) in [7, 11) is 0. The van der Waals surface area contributed by atoms with E-state index in [0.29, 0.717) is 5.41 Å². The molecule has 0 aliphatic heterocycles. The molecule has 0 nitrogen and oxygen atoms in total. The zero-order valence-electron chi connectivity index (χ0n) is 10.5. The maximum absolute atomic E-state index is 2.40. The van der Waals surface area contributed by atoms with E-state index in [2.05, 4.69) is 41.5 Å². The summed E-state index contributed by atoms with van der Waals surface area (Å²) in [5.74, 6) is 0. The summed E-state index contributed by atoms with van der Waals surface area (Å²) < 4.78 is 3.31. The third-order valence-electron chi connectivity index (χ3n) is 3.42. The van der Waals surface area contributed by atoms with Crippen LogP contribution in [-0.4, -0.2) is 0 Å². The second-order valence-corrected chi connectivity index (χ2v) is 10.0. The Hall–Kier alpha value is 0.930. The van der Waals surface area contributed by atoms with Crippen LogP contribution in [0.5, 0.6) is 0 Å². The molecule has 0 amide bonds. The van der Waals surface area contributed by atoms with Gasteiger partial charge in [0.25, 0.3) is 0 Å². The van der Waals surface area contributed by atoms with Gasteiger partial charge >= 0.3 is 94.1 Å². The maximum Gasteiger partial charge on any atom is -1.00 e. The molecule has 0 radical (unpaired) electrons. The molecular weight excluding hydrogens is 394 g/mol. The van der Waals surface area contributed by atoms with Crippen molar-refractivity contribution in [3.05, 3.63) is 20.0 Å². The molecule has 15 heavy (non-hydrogen) atoms. The van der Waals surface area contributed by atoms with Gasteiger partial charge in [-0.05, 0) is 0 Å². The molecular formula is C12H20Cl2Hf. The van der Waals surface area contributed by atoms with Crippen LogP contribution in [0.2, 0.25) is 4.18 Å². The van der Waals surface area contributed by atoms with Crippen molar-refractivity contribution in [2.75, 3.05) is 0 Å². The van der Waals surface area contributed by atoms with Gasteiger partial charge in [-0.25, -0.2) is 0 Å². The zero-order chi connectivity index (χ0) is 10.2. The van der Waals surface area contributed by atoms with Gasteiger partial charge in [0, 0.05) is 0 Å². The standard InChI is InChI=1S/C10H15.C2H5.2ClH.Hf/c1-7-6-10(4,5)9(3)8(7)2;1-2;;;/h1-5H3;1H2,2H3;2*1H;/q;;;;+2/p-2. The number of halogens is 2. The number of allylic oxidation sites excluding steroid dienone is 4. The Morgan fingerprint density at radius 2 is 1.47 bits per heavy atom. The summed E-state index contributed by atoms with van der Waals surface area (Å²) in [6, 6.07) is 0. The van der Waals surface area contributed by atoms with Crippen molar-refractivity contribution in [1.29, 1.82) is 0 Å². The van der Waals surface area contributed by atoms with E-state index in [9.17, 15) is 0 Å². The van der Waals surface area contributed by atoms with E-state index in [0.717, 1.165) is 0 Å². The van der Waals surface area contributed by atoms with Crippen LogP contribution in [-0.2, 0) is 22.9 Å². The first-order valence-electron chi connectivity index (χ1n) is 5.06. The van der Waals surface area contributed by atoms with Crippen molar-refractivity contribution in [3.8, 4) is 0 Å². The molecule has 0 fully saturated rings. The molecule has 0 N–H and O–H groups in total. The molecule has 1 rings (SSSR count). The molecule has 1 aliphatic carbocycles. The van der Waals surface area contributed by atoms with Crippen LogP contribution in [0.3, 0.4) is 0 Å². The van der Waals surface area contributed by atoms with Gasteiger partial charge in [0.2, 0.25) is 0 Å². The average molecular weight is 414 g/mol. The minimum Gasteiger partial charge on any atom is -1.00 e. The Kier molecular flexibility index (Phi) is 8.07. The normalized spacial score (nSPS) is 18.3. The van der Waals surface area contributed by atoms with E-state index in [1.807, 2.05) is 3.33 Å². The van der Waals surface area contributed by atoms with Gasteiger partial charge in [0.1, 0.15) is 0 Å². The van der Waals surface area contributed by atoms with E-state index < -0.39 is 22.9 Å². The summed E-state index contributed by atoms with van der Waals surface area (Å²) in [5, 5.41) is 0. The van der Waals surface area contributed by atoms with Crippen LogP contribution in [0.1, 0.15) is 41.5 Å². The fourth-order valence-electron chi connectivity index (χ4n) is 2.12. The predicted molar refractivity (Wildman–Crippen MR) is 55.3 cm³/mol. The Labute approximate surface area is 118 Å². The van der Waals surface area contributed by atoms with E-state index in [4.69, 9.17) is 0 Å². The predicted octanol–water partition coefficient (Wildman–Crippen LogP) is -1.83. The molecule has 0 atom stereocenters. The van der Waals surface area contributed by atoms with Crippen molar-refractivity contribution >= 4 is 0 Å². The quantitative estimate of drug-likeness (QED) is 0.467. The SMILES string of the molecule is C[CH2][Hf+2][C]1=C(C)C(C)=C(C)C1(C)C.[Cl-].[Cl-]. The monoisotopic (exact) mass is 414 g/mol. The summed E-state index contributed by atoms with van der Waals surface area (Å²) in [4.78, 5) is 0. The van der Waals surface area contributed by atoms with Crippen LogP contribution in [0, 0.1) is 5.41 Å². The maximum atomic E-state index is 2.40. The fourth-order valence-corrected chi connectivity index (χ4v) is 7.28. The third-order valence-corrected chi connectivity index (χ3v) is 9.55. The van der Waals surface area contributed by atoms with Gasteiger partial charge in [0.15, 0.2) is 0 Å². The van der Waals surface area contributed by atoms with Crippen LogP contribution >= 0.6 is 0 Å². The topological polar surface area (TPSA) is 0 Å². The molecule has 0 heterocycles. The van der Waals surface area contributed by atoms with Crippen molar-refractivity contribution in [1.82, 2.24) is 0 Å². The van der Waals surface area contributed by atoms with Gasteiger partial charge in [0.05, 0.1) is 0 Å². The smallest absolute Gasteiger partial charge is 1.00 e. The van der Waals surface area contributed by atoms with E-state index in [1.54, 1.807) is 16.7 Å². The number of hydrogen-bond donors (Lipinski definition) is 0. The zero-order valence-corrected chi connectivity index (χ0v) is 15.6. The molecule has 0 spiro atoms. The van der Waals surface area contributed by atoms with E-state index in [-0.39, 0.29) is 24.8 Å². The molecule has 0 aromatic carbocycles. The molecule has 3 heteroatoms. The minimum atomic E-state index is -0.474. The van der Waals surface area contributed by atoms with Crippen LogP contribution in [0.15, 0.2) is 20.0 Å². The van der Waals surface area contributed by atoms with Crippen molar-refractivity contribution in [3.63, 3.8) is 0 Å². The molecule has 0 bridgehead atoms. The van der Waals surface area contributed by atoms with Crippen LogP contribution in [0.25, 0.3) is 0 Å². The van der Waals surface area contributed by atoms with Crippen LogP contribution in [0.4, 0.5) is 0 Å². The van der Waals surface area contributed by atoms with Gasteiger partial charge < -0.3 is 24.8 Å². The van der Waals surface area contributed by atoms with Gasteiger partial charge in [-0.1, -0.05) is 0 Å². The second kappa shape index (κ2) is 6.61. The molecule has 0 aromatic rings. The Morgan fingerprint density at radius 1 is 1.00 bits per heavy atom. The van der Waals surface area contributed by atoms with Crippen molar-refractivity contribution in [2.24, 2.45) is 5.41 Å². The first-order valence-corrected chi connectivity index (χ1v) is 9.40. The largest absolute Gasteiger partial charge is 1.00 e. The first kappa shape index (κ1) is 18.3. The Balaban J connectivity index is 0. The van der Waals surface area contributed by atoms with Crippen molar-refractivity contribution < 1.29 is 47.7 Å². The number of rotatable bonds is 2. The Morgan fingerprint density at radius 3 is 1.73 bits per heavy atom. The molecule has 0 unspecified atom stereocenters. The molecule has 0 saturated heterocycles. The average Bonchev–Trinajstić information content (AvgIpc) is 2.20. The molecule has 0 saturated carbocycles. The van der Waals surface area contributed by atoms with Gasteiger partial charge in [-0.2, -0.15) is 0 Å². The Bertz CT molecular complexity index is 288. The van der Waals surface area contributed by atoms with Crippen LogP contribution < -0.4 is 24.8 Å². The summed E-state index contributed by atoms with van der Waals surface area (Å²) in [5.41, 5.74) is 5.22.